The second-order valence-corrected chi connectivity index (χ2v) is 5.53. The number of esters is 3. The number of benzene rings is 2. The highest BCUT2D eigenvalue weighted by Crippen LogP contribution is 2.24. The first-order valence-corrected chi connectivity index (χ1v) is 8.77. The Hall–Kier alpha value is -3.15. The first-order chi connectivity index (χ1) is 13.0. The van der Waals surface area contributed by atoms with E-state index >= 15 is 0 Å². The van der Waals surface area contributed by atoms with Crippen molar-refractivity contribution in [2.24, 2.45) is 0 Å². The molecule has 0 heterocycles. The zero-order valence-corrected chi connectivity index (χ0v) is 15.6. The lowest BCUT2D eigenvalue weighted by molar-refractivity contribution is -0.137. The Morgan fingerprint density at radius 1 is 0.778 bits per heavy atom. The molecule has 0 saturated carbocycles. The lowest BCUT2D eigenvalue weighted by atomic mass is 9.99. The topological polar surface area (TPSA) is 78.9 Å². The number of fused-ring (bicyclic) bond motifs is 1. The summed E-state index contributed by atoms with van der Waals surface area (Å²) in [5.74, 6) is -1.59. The van der Waals surface area contributed by atoms with Crippen LogP contribution in [0.25, 0.3) is 16.8 Å². The predicted octanol–water partition coefficient (Wildman–Crippen LogP) is 3.77. The second kappa shape index (κ2) is 9.52. The third kappa shape index (κ3) is 5.17. The molecule has 0 aliphatic heterocycles. The number of hydrogen-bond acceptors (Lipinski definition) is 6. The lowest BCUT2D eigenvalue weighted by Gasteiger charge is -2.11. The molecule has 0 spiro atoms. The van der Waals surface area contributed by atoms with Crippen LogP contribution in [0.4, 0.5) is 0 Å². The summed E-state index contributed by atoms with van der Waals surface area (Å²) < 4.78 is 15.0. The van der Waals surface area contributed by atoms with E-state index in [0.717, 1.165) is 16.3 Å². The summed E-state index contributed by atoms with van der Waals surface area (Å²) in [7, 11) is 0. The van der Waals surface area contributed by atoms with Gasteiger partial charge in [-0.3, -0.25) is 0 Å². The first-order valence-electron chi connectivity index (χ1n) is 8.77. The van der Waals surface area contributed by atoms with Crippen LogP contribution in [0.2, 0.25) is 0 Å². The van der Waals surface area contributed by atoms with Gasteiger partial charge in [-0.15, -0.1) is 0 Å². The molecule has 142 valence electrons. The summed E-state index contributed by atoms with van der Waals surface area (Å²) in [6, 6.07) is 8.62. The number of rotatable bonds is 7. The first kappa shape index (κ1) is 20.2. The van der Waals surface area contributed by atoms with Crippen LogP contribution in [0.15, 0.2) is 36.4 Å². The summed E-state index contributed by atoms with van der Waals surface area (Å²) in [4.78, 5) is 36.0. The van der Waals surface area contributed by atoms with Crippen molar-refractivity contribution in [2.45, 2.75) is 20.8 Å². The third-order valence-corrected chi connectivity index (χ3v) is 3.69. The summed E-state index contributed by atoms with van der Waals surface area (Å²) in [6.45, 7) is 5.84. The molecule has 0 aliphatic rings. The zero-order valence-electron chi connectivity index (χ0n) is 15.6. The number of carbonyl (C=O) groups excluding carboxylic acids is 3. The van der Waals surface area contributed by atoms with Gasteiger partial charge in [0.2, 0.25) is 0 Å². The van der Waals surface area contributed by atoms with Crippen LogP contribution in [0.3, 0.4) is 0 Å². The molecule has 0 saturated heterocycles. The van der Waals surface area contributed by atoms with Gasteiger partial charge in [0.1, 0.15) is 0 Å². The molecule has 6 heteroatoms. The maximum absolute atomic E-state index is 12.3. The largest absolute Gasteiger partial charge is 0.463 e. The van der Waals surface area contributed by atoms with E-state index in [-0.39, 0.29) is 24.3 Å². The fraction of sp³-hybridized carbons (Fsp3) is 0.286. The van der Waals surface area contributed by atoms with E-state index in [9.17, 15) is 14.4 Å². The SMILES string of the molecule is CCOC(=O)/C=C/c1ccc2cc(C(=O)OCC)c(C(=O)OCC)cc2c1. The molecule has 0 fully saturated rings. The van der Waals surface area contributed by atoms with Crippen LogP contribution in [0.1, 0.15) is 47.1 Å². The molecular weight excluding hydrogens is 348 g/mol. The molecule has 0 N–H and O–H groups in total. The predicted molar refractivity (Wildman–Crippen MR) is 102 cm³/mol. The van der Waals surface area contributed by atoms with E-state index in [2.05, 4.69) is 0 Å². The molecule has 0 radical (unpaired) electrons. The smallest absolute Gasteiger partial charge is 0.339 e. The maximum atomic E-state index is 12.3. The van der Waals surface area contributed by atoms with Crippen LogP contribution < -0.4 is 0 Å². The average Bonchev–Trinajstić information content (AvgIpc) is 2.65. The molecule has 6 nitrogen and oxygen atoms in total. The van der Waals surface area contributed by atoms with E-state index in [1.165, 1.54) is 6.08 Å². The zero-order chi connectivity index (χ0) is 19.8. The van der Waals surface area contributed by atoms with Gasteiger partial charge in [0.05, 0.1) is 30.9 Å². The molecule has 2 rings (SSSR count). The van der Waals surface area contributed by atoms with Crippen molar-refractivity contribution in [2.75, 3.05) is 19.8 Å². The van der Waals surface area contributed by atoms with Gasteiger partial charge in [-0.25, -0.2) is 14.4 Å². The summed E-state index contributed by atoms with van der Waals surface area (Å²) in [5, 5.41) is 1.50. The molecule has 2 aromatic carbocycles. The molecule has 0 amide bonds. The van der Waals surface area contributed by atoms with Crippen LogP contribution in [0.5, 0.6) is 0 Å². The Balaban J connectivity index is 2.48. The van der Waals surface area contributed by atoms with Crippen molar-refractivity contribution in [3.8, 4) is 0 Å². The minimum atomic E-state index is -0.588. The number of hydrogen-bond donors (Lipinski definition) is 0. The minimum absolute atomic E-state index is 0.148. The van der Waals surface area contributed by atoms with Gasteiger partial charge in [0, 0.05) is 6.08 Å². The van der Waals surface area contributed by atoms with Gasteiger partial charge in [-0.05, 0) is 61.4 Å². The Bertz CT molecular complexity index is 882. The third-order valence-electron chi connectivity index (χ3n) is 3.69. The van der Waals surface area contributed by atoms with E-state index in [1.54, 1.807) is 51.1 Å². The molecule has 0 unspecified atom stereocenters. The molecule has 0 aromatic heterocycles. The van der Waals surface area contributed by atoms with Crippen LogP contribution in [0, 0.1) is 0 Å². The Morgan fingerprint density at radius 3 is 1.89 bits per heavy atom. The van der Waals surface area contributed by atoms with Gasteiger partial charge in [-0.1, -0.05) is 12.1 Å². The highest BCUT2D eigenvalue weighted by molar-refractivity contribution is 6.07. The van der Waals surface area contributed by atoms with E-state index in [1.807, 2.05) is 6.07 Å². The van der Waals surface area contributed by atoms with Gasteiger partial charge in [0.15, 0.2) is 0 Å². The molecule has 27 heavy (non-hydrogen) atoms. The molecule has 2 aromatic rings. The summed E-state index contributed by atoms with van der Waals surface area (Å²) in [5.41, 5.74) is 1.07. The Kier molecular flexibility index (Phi) is 7.11. The highest BCUT2D eigenvalue weighted by Gasteiger charge is 2.20. The van der Waals surface area contributed by atoms with Crippen molar-refractivity contribution < 1.29 is 28.6 Å². The minimum Gasteiger partial charge on any atom is -0.463 e. The maximum Gasteiger partial charge on any atom is 0.339 e. The number of carbonyl (C=O) groups is 3. The van der Waals surface area contributed by atoms with Gasteiger partial charge < -0.3 is 14.2 Å². The van der Waals surface area contributed by atoms with Crippen molar-refractivity contribution in [3.05, 3.63) is 53.1 Å². The van der Waals surface area contributed by atoms with E-state index < -0.39 is 17.9 Å². The van der Waals surface area contributed by atoms with E-state index in [4.69, 9.17) is 14.2 Å². The highest BCUT2D eigenvalue weighted by atomic mass is 16.5. The Labute approximate surface area is 157 Å². The summed E-state index contributed by atoms with van der Waals surface area (Å²) in [6.07, 6.45) is 2.96. The molecule has 0 bridgehead atoms. The second-order valence-electron chi connectivity index (χ2n) is 5.53. The van der Waals surface area contributed by atoms with Crippen LogP contribution >= 0.6 is 0 Å². The Morgan fingerprint density at radius 2 is 1.33 bits per heavy atom. The normalized spacial score (nSPS) is 10.8. The van der Waals surface area contributed by atoms with Crippen LogP contribution in [-0.4, -0.2) is 37.7 Å². The molecular formula is C21H22O6. The van der Waals surface area contributed by atoms with E-state index in [0.29, 0.717) is 6.61 Å². The molecule has 0 atom stereocenters. The van der Waals surface area contributed by atoms with Crippen molar-refractivity contribution in [1.29, 1.82) is 0 Å². The van der Waals surface area contributed by atoms with Gasteiger partial charge in [0.25, 0.3) is 0 Å². The summed E-state index contributed by atoms with van der Waals surface area (Å²) >= 11 is 0. The average molecular weight is 370 g/mol. The van der Waals surface area contributed by atoms with Crippen molar-refractivity contribution in [1.82, 2.24) is 0 Å². The number of ether oxygens (including phenoxy) is 3. The van der Waals surface area contributed by atoms with Gasteiger partial charge >= 0.3 is 17.9 Å². The van der Waals surface area contributed by atoms with Crippen molar-refractivity contribution in [3.63, 3.8) is 0 Å². The van der Waals surface area contributed by atoms with Crippen LogP contribution in [-0.2, 0) is 19.0 Å². The standard InChI is InChI=1S/C21H22O6/c1-4-25-19(22)10-8-14-7-9-15-12-17(20(23)26-5-2)18(13-16(15)11-14)21(24)27-6-3/h7-13H,4-6H2,1-3H3/b10-8+. The van der Waals surface area contributed by atoms with Crippen molar-refractivity contribution >= 4 is 34.8 Å². The monoisotopic (exact) mass is 370 g/mol. The molecule has 0 aliphatic carbocycles. The lowest BCUT2D eigenvalue weighted by Crippen LogP contribution is -2.14. The fourth-order valence-corrected chi connectivity index (χ4v) is 2.53. The van der Waals surface area contributed by atoms with Gasteiger partial charge in [-0.2, -0.15) is 0 Å². The fourth-order valence-electron chi connectivity index (χ4n) is 2.53. The quantitative estimate of drug-likeness (QED) is 0.419.